The van der Waals surface area contributed by atoms with E-state index in [1.54, 1.807) is 7.05 Å². The number of pyridine rings is 1. The molecule has 30 heavy (non-hydrogen) atoms. The minimum Gasteiger partial charge on any atom is -0.356 e. The molecule has 3 heterocycles. The minimum absolute atomic E-state index is 0. The summed E-state index contributed by atoms with van der Waals surface area (Å²) in [6.07, 6.45) is 10.5. The van der Waals surface area contributed by atoms with Gasteiger partial charge in [-0.3, -0.25) is 9.79 Å². The predicted octanol–water partition coefficient (Wildman–Crippen LogP) is 2.76. The lowest BCUT2D eigenvalue weighted by molar-refractivity contribution is -0.134. The van der Waals surface area contributed by atoms with Gasteiger partial charge in [-0.25, -0.2) is 4.98 Å². The summed E-state index contributed by atoms with van der Waals surface area (Å²) in [7, 11) is 1.79. The number of amides is 1. The Morgan fingerprint density at radius 1 is 1.30 bits per heavy atom. The van der Waals surface area contributed by atoms with E-state index in [2.05, 4.69) is 39.2 Å². The second kappa shape index (κ2) is 10.5. The zero-order chi connectivity index (χ0) is 20.2. The monoisotopic (exact) mass is 524 g/mol. The molecule has 1 aliphatic carbocycles. The highest BCUT2D eigenvalue weighted by Crippen LogP contribution is 2.27. The number of aryl methyl sites for hydroxylation is 1. The molecule has 1 atom stereocenters. The zero-order valence-electron chi connectivity index (χ0n) is 17.9. The standard InChI is InChI=1S/C22H32N6O.HI/c1-16-6-5-12-27-14-18(25-20(16)27)9-11-24-22(23-2)26-19-10-13-28(15-19)21(29)17-7-3-4-8-17;/h5-6,12,14,17,19H,3-4,7-11,13,15H2,1-2H3,(H2,23,24,26);1H. The number of rotatable bonds is 5. The molecule has 0 bridgehead atoms. The highest BCUT2D eigenvalue weighted by Gasteiger charge is 2.32. The molecule has 1 aliphatic heterocycles. The molecule has 164 valence electrons. The summed E-state index contributed by atoms with van der Waals surface area (Å²) in [5.41, 5.74) is 3.27. The molecule has 2 fully saturated rings. The van der Waals surface area contributed by atoms with Gasteiger partial charge in [0.25, 0.3) is 0 Å². The molecule has 8 heteroatoms. The molecule has 0 aromatic carbocycles. The molecular formula is C22H33IN6O. The minimum atomic E-state index is 0. The first kappa shape index (κ1) is 22.8. The molecule has 1 unspecified atom stereocenters. The average molecular weight is 524 g/mol. The van der Waals surface area contributed by atoms with Crippen molar-refractivity contribution in [1.82, 2.24) is 24.9 Å². The van der Waals surface area contributed by atoms with Crippen LogP contribution in [0.15, 0.2) is 29.5 Å². The normalized spacial score (nSPS) is 19.9. The number of aliphatic imine (C=N–C) groups is 1. The second-order valence-corrected chi connectivity index (χ2v) is 8.30. The van der Waals surface area contributed by atoms with Crippen LogP contribution in [-0.2, 0) is 11.2 Å². The Hall–Kier alpha value is -1.84. The smallest absolute Gasteiger partial charge is 0.225 e. The Balaban J connectivity index is 0.00000256. The third-order valence-electron chi connectivity index (χ3n) is 6.17. The maximum Gasteiger partial charge on any atom is 0.225 e. The topological polar surface area (TPSA) is 74.0 Å². The van der Waals surface area contributed by atoms with Gasteiger partial charge in [-0.2, -0.15) is 0 Å². The lowest BCUT2D eigenvalue weighted by atomic mass is 10.1. The van der Waals surface area contributed by atoms with Crippen LogP contribution in [0.1, 0.15) is 43.4 Å². The quantitative estimate of drug-likeness (QED) is 0.359. The summed E-state index contributed by atoms with van der Waals surface area (Å²) in [6, 6.07) is 4.39. The Labute approximate surface area is 195 Å². The van der Waals surface area contributed by atoms with Crippen LogP contribution in [-0.4, -0.2) is 58.9 Å². The second-order valence-electron chi connectivity index (χ2n) is 8.30. The van der Waals surface area contributed by atoms with E-state index in [9.17, 15) is 4.79 Å². The van der Waals surface area contributed by atoms with E-state index in [1.807, 2.05) is 17.2 Å². The first-order valence-corrected chi connectivity index (χ1v) is 10.8. The SMILES string of the molecule is CN=C(NCCc1cn2cccc(C)c2n1)NC1CCN(C(=O)C2CCCC2)C1.I. The Bertz CT molecular complexity index is 889. The van der Waals surface area contributed by atoms with Crippen LogP contribution in [0.3, 0.4) is 0 Å². The average Bonchev–Trinajstić information content (AvgIpc) is 3.47. The van der Waals surface area contributed by atoms with Crippen molar-refractivity contribution < 1.29 is 4.79 Å². The van der Waals surface area contributed by atoms with Crippen LogP contribution in [0.2, 0.25) is 0 Å². The maximum absolute atomic E-state index is 12.6. The van der Waals surface area contributed by atoms with E-state index < -0.39 is 0 Å². The van der Waals surface area contributed by atoms with Gasteiger partial charge < -0.3 is 19.9 Å². The number of fused-ring (bicyclic) bond motifs is 1. The molecule has 1 amide bonds. The van der Waals surface area contributed by atoms with Crippen LogP contribution in [0, 0.1) is 12.8 Å². The number of imidazole rings is 1. The summed E-state index contributed by atoms with van der Waals surface area (Å²) in [6.45, 7) is 4.48. The van der Waals surface area contributed by atoms with Gasteiger partial charge in [-0.1, -0.05) is 18.9 Å². The van der Waals surface area contributed by atoms with Crippen LogP contribution in [0.25, 0.3) is 5.65 Å². The van der Waals surface area contributed by atoms with Crippen molar-refractivity contribution >= 4 is 41.5 Å². The van der Waals surface area contributed by atoms with Gasteiger partial charge in [0.1, 0.15) is 5.65 Å². The van der Waals surface area contributed by atoms with Crippen molar-refractivity contribution in [2.75, 3.05) is 26.7 Å². The molecule has 2 N–H and O–H groups in total. The lowest BCUT2D eigenvalue weighted by Crippen LogP contribution is -2.45. The first-order chi connectivity index (χ1) is 14.1. The Kier molecular flexibility index (Phi) is 7.96. The number of nitrogens with zero attached hydrogens (tertiary/aromatic N) is 4. The van der Waals surface area contributed by atoms with Gasteiger partial charge in [0.2, 0.25) is 5.91 Å². The molecule has 2 aromatic rings. The number of aromatic nitrogens is 2. The van der Waals surface area contributed by atoms with Crippen molar-refractivity contribution in [2.45, 2.75) is 51.5 Å². The fourth-order valence-electron chi connectivity index (χ4n) is 4.53. The molecule has 2 aliphatic rings. The van der Waals surface area contributed by atoms with Crippen LogP contribution in [0.4, 0.5) is 0 Å². The van der Waals surface area contributed by atoms with Crippen LogP contribution < -0.4 is 10.6 Å². The third kappa shape index (κ3) is 5.25. The van der Waals surface area contributed by atoms with E-state index in [0.717, 1.165) is 62.6 Å². The molecule has 0 spiro atoms. The van der Waals surface area contributed by atoms with Crippen molar-refractivity contribution in [2.24, 2.45) is 10.9 Å². The van der Waals surface area contributed by atoms with Gasteiger partial charge in [0.05, 0.1) is 5.69 Å². The number of halogens is 1. The molecular weight excluding hydrogens is 491 g/mol. The van der Waals surface area contributed by atoms with Crippen molar-refractivity contribution in [3.8, 4) is 0 Å². The largest absolute Gasteiger partial charge is 0.356 e. The van der Waals surface area contributed by atoms with Crippen LogP contribution >= 0.6 is 24.0 Å². The molecule has 1 saturated heterocycles. The molecule has 4 rings (SSSR count). The lowest BCUT2D eigenvalue weighted by Gasteiger charge is -2.21. The van der Waals surface area contributed by atoms with E-state index in [4.69, 9.17) is 4.98 Å². The summed E-state index contributed by atoms with van der Waals surface area (Å²) in [5.74, 6) is 1.42. The molecule has 1 saturated carbocycles. The van der Waals surface area contributed by atoms with Gasteiger partial charge in [-0.05, 0) is 37.8 Å². The van der Waals surface area contributed by atoms with Crippen molar-refractivity contribution in [3.05, 3.63) is 35.8 Å². The van der Waals surface area contributed by atoms with Crippen molar-refractivity contribution in [1.29, 1.82) is 0 Å². The van der Waals surface area contributed by atoms with Crippen molar-refractivity contribution in [3.63, 3.8) is 0 Å². The van der Waals surface area contributed by atoms with Gasteiger partial charge in [0.15, 0.2) is 5.96 Å². The highest BCUT2D eigenvalue weighted by molar-refractivity contribution is 14.0. The summed E-state index contributed by atoms with van der Waals surface area (Å²) in [4.78, 5) is 23.7. The predicted molar refractivity (Wildman–Crippen MR) is 130 cm³/mol. The van der Waals surface area contributed by atoms with E-state index >= 15 is 0 Å². The molecule has 2 aromatic heterocycles. The fraction of sp³-hybridized carbons (Fsp3) is 0.591. The van der Waals surface area contributed by atoms with Gasteiger partial charge >= 0.3 is 0 Å². The number of carbonyl (C=O) groups excluding carboxylic acids is 1. The van der Waals surface area contributed by atoms with Crippen LogP contribution in [0.5, 0.6) is 0 Å². The maximum atomic E-state index is 12.6. The molecule has 7 nitrogen and oxygen atoms in total. The van der Waals surface area contributed by atoms with Gasteiger partial charge in [0, 0.05) is 57.5 Å². The van der Waals surface area contributed by atoms with E-state index in [0.29, 0.717) is 5.91 Å². The summed E-state index contributed by atoms with van der Waals surface area (Å²) < 4.78 is 2.08. The summed E-state index contributed by atoms with van der Waals surface area (Å²) in [5, 5.41) is 6.87. The van der Waals surface area contributed by atoms with Gasteiger partial charge in [-0.15, -0.1) is 24.0 Å². The number of nitrogens with one attached hydrogen (secondary N) is 2. The summed E-state index contributed by atoms with van der Waals surface area (Å²) >= 11 is 0. The first-order valence-electron chi connectivity index (χ1n) is 10.8. The Morgan fingerprint density at radius 3 is 2.83 bits per heavy atom. The van der Waals surface area contributed by atoms with E-state index in [1.165, 1.54) is 18.4 Å². The fourth-order valence-corrected chi connectivity index (χ4v) is 4.53. The number of hydrogen-bond donors (Lipinski definition) is 2. The molecule has 0 radical (unpaired) electrons. The number of carbonyl (C=O) groups is 1. The highest BCUT2D eigenvalue weighted by atomic mass is 127. The number of guanidine groups is 1. The zero-order valence-corrected chi connectivity index (χ0v) is 20.3. The number of likely N-dealkylation sites (tertiary alicyclic amines) is 1. The van der Waals surface area contributed by atoms with E-state index in [-0.39, 0.29) is 35.9 Å². The third-order valence-corrected chi connectivity index (χ3v) is 6.17. The Morgan fingerprint density at radius 2 is 2.10 bits per heavy atom. The number of hydrogen-bond acceptors (Lipinski definition) is 3.